The number of carbonyl (C=O) groups is 2. The van der Waals surface area contributed by atoms with E-state index < -0.39 is 28.8 Å². The molecule has 1 aromatic heterocycles. The van der Waals surface area contributed by atoms with Crippen molar-refractivity contribution in [2.45, 2.75) is 19.0 Å². The fourth-order valence-corrected chi connectivity index (χ4v) is 3.61. The van der Waals surface area contributed by atoms with Gasteiger partial charge in [-0.3, -0.25) is 19.7 Å². The van der Waals surface area contributed by atoms with Crippen LogP contribution in [0.25, 0.3) is 0 Å². The van der Waals surface area contributed by atoms with Crippen LogP contribution in [0.5, 0.6) is 0 Å². The molecule has 3 rings (SSSR count). The lowest BCUT2D eigenvalue weighted by Gasteiger charge is -2.21. The lowest BCUT2D eigenvalue weighted by molar-refractivity contribution is -0.384. The van der Waals surface area contributed by atoms with E-state index in [1.807, 2.05) is 17.5 Å². The number of hydrogen-bond acceptors (Lipinski definition) is 5. The lowest BCUT2D eigenvalue weighted by atomic mass is 10.0. The molecule has 0 aliphatic carbocycles. The van der Waals surface area contributed by atoms with E-state index in [9.17, 15) is 24.1 Å². The van der Waals surface area contributed by atoms with Crippen LogP contribution < -0.4 is 10.6 Å². The van der Waals surface area contributed by atoms with Gasteiger partial charge in [-0.05, 0) is 42.1 Å². The average molecular weight is 427 g/mol. The standard InChI is InChI=1S/C21H18FN3O4S/c1-13(23-21(27)15-4-2-5-17(12-15)25(28)29)20(26)24-19(18-6-3-11-30-18)14-7-9-16(22)10-8-14/h2-13,19H,1H3,(H,23,27)(H,24,26). The highest BCUT2D eigenvalue weighted by Gasteiger charge is 2.23. The summed E-state index contributed by atoms with van der Waals surface area (Å²) in [5.74, 6) is -1.43. The maximum atomic E-state index is 13.3. The first kappa shape index (κ1) is 21.1. The van der Waals surface area contributed by atoms with Crippen LogP contribution in [0.4, 0.5) is 10.1 Å². The van der Waals surface area contributed by atoms with E-state index in [0.717, 1.165) is 10.9 Å². The van der Waals surface area contributed by atoms with Crippen molar-refractivity contribution in [3.8, 4) is 0 Å². The highest BCUT2D eigenvalue weighted by atomic mass is 32.1. The van der Waals surface area contributed by atoms with E-state index in [1.54, 1.807) is 12.1 Å². The van der Waals surface area contributed by atoms with E-state index >= 15 is 0 Å². The first-order valence-corrected chi connectivity index (χ1v) is 9.87. The summed E-state index contributed by atoms with van der Waals surface area (Å²) >= 11 is 1.44. The molecule has 30 heavy (non-hydrogen) atoms. The quantitative estimate of drug-likeness (QED) is 0.442. The van der Waals surface area contributed by atoms with Crippen molar-refractivity contribution >= 4 is 28.8 Å². The molecule has 9 heteroatoms. The molecule has 2 amide bonds. The third kappa shape index (κ3) is 5.06. The predicted octanol–water partition coefficient (Wildman–Crippen LogP) is 3.82. The molecule has 0 bridgehead atoms. The molecular weight excluding hydrogens is 409 g/mol. The molecule has 2 unspecified atom stereocenters. The molecule has 0 aliphatic rings. The van der Waals surface area contributed by atoms with Crippen LogP contribution in [0.15, 0.2) is 66.0 Å². The van der Waals surface area contributed by atoms with Crippen molar-refractivity contribution in [1.29, 1.82) is 0 Å². The predicted molar refractivity (Wildman–Crippen MR) is 111 cm³/mol. The van der Waals surface area contributed by atoms with Crippen molar-refractivity contribution in [2.24, 2.45) is 0 Å². The van der Waals surface area contributed by atoms with Crippen LogP contribution in [0, 0.1) is 15.9 Å². The maximum Gasteiger partial charge on any atom is 0.270 e. The minimum Gasteiger partial charge on any atom is -0.343 e. The summed E-state index contributed by atoms with van der Waals surface area (Å²) in [4.78, 5) is 36.3. The average Bonchev–Trinajstić information content (AvgIpc) is 3.27. The number of hydrogen-bond donors (Lipinski definition) is 2. The highest BCUT2D eigenvalue weighted by molar-refractivity contribution is 7.10. The second kappa shape index (κ2) is 9.27. The van der Waals surface area contributed by atoms with Gasteiger partial charge in [-0.2, -0.15) is 0 Å². The number of carbonyl (C=O) groups excluding carboxylic acids is 2. The van der Waals surface area contributed by atoms with E-state index in [1.165, 1.54) is 48.6 Å². The Labute approximate surface area is 175 Å². The number of amides is 2. The van der Waals surface area contributed by atoms with E-state index in [2.05, 4.69) is 10.6 Å². The van der Waals surface area contributed by atoms with Gasteiger partial charge in [0.2, 0.25) is 5.91 Å². The van der Waals surface area contributed by atoms with E-state index in [0.29, 0.717) is 5.56 Å². The monoisotopic (exact) mass is 427 g/mol. The number of nitrogens with one attached hydrogen (secondary N) is 2. The Morgan fingerprint density at radius 2 is 1.80 bits per heavy atom. The second-order valence-corrected chi connectivity index (χ2v) is 7.49. The normalized spacial score (nSPS) is 12.6. The van der Waals surface area contributed by atoms with Gasteiger partial charge in [0, 0.05) is 22.6 Å². The first-order chi connectivity index (χ1) is 14.3. The molecule has 0 radical (unpaired) electrons. The first-order valence-electron chi connectivity index (χ1n) is 8.99. The molecular formula is C21H18FN3O4S. The van der Waals surface area contributed by atoms with Crippen molar-refractivity contribution in [3.05, 3.63) is 98.0 Å². The second-order valence-electron chi connectivity index (χ2n) is 6.51. The Morgan fingerprint density at radius 3 is 2.43 bits per heavy atom. The number of halogens is 1. The summed E-state index contributed by atoms with van der Waals surface area (Å²) in [7, 11) is 0. The Balaban J connectivity index is 1.72. The van der Waals surface area contributed by atoms with Gasteiger partial charge in [0.05, 0.1) is 11.0 Å². The fourth-order valence-electron chi connectivity index (χ4n) is 2.80. The maximum absolute atomic E-state index is 13.3. The Morgan fingerprint density at radius 1 is 1.07 bits per heavy atom. The number of benzene rings is 2. The van der Waals surface area contributed by atoms with Crippen LogP contribution in [0.1, 0.15) is 33.8 Å². The smallest absolute Gasteiger partial charge is 0.270 e. The van der Waals surface area contributed by atoms with Crippen molar-refractivity contribution in [2.75, 3.05) is 0 Å². The van der Waals surface area contributed by atoms with Gasteiger partial charge < -0.3 is 10.6 Å². The molecule has 3 aromatic rings. The van der Waals surface area contributed by atoms with Crippen molar-refractivity contribution < 1.29 is 18.9 Å². The number of nitrogens with zero attached hydrogens (tertiary/aromatic N) is 1. The molecule has 7 nitrogen and oxygen atoms in total. The Hall–Kier alpha value is -3.59. The summed E-state index contributed by atoms with van der Waals surface area (Å²) in [6.07, 6.45) is 0. The topological polar surface area (TPSA) is 101 Å². The fraction of sp³-hybridized carbons (Fsp3) is 0.143. The van der Waals surface area contributed by atoms with Crippen molar-refractivity contribution in [3.63, 3.8) is 0 Å². The molecule has 2 aromatic carbocycles. The number of non-ortho nitro benzene ring substituents is 1. The summed E-state index contributed by atoms with van der Waals surface area (Å²) in [5.41, 5.74) is 0.565. The Kier molecular flexibility index (Phi) is 6.53. The van der Waals surface area contributed by atoms with Crippen LogP contribution in [-0.2, 0) is 4.79 Å². The van der Waals surface area contributed by atoms with Gasteiger partial charge in [0.1, 0.15) is 11.9 Å². The number of rotatable bonds is 7. The zero-order valence-electron chi connectivity index (χ0n) is 15.9. The molecule has 154 valence electrons. The summed E-state index contributed by atoms with van der Waals surface area (Å²) < 4.78 is 13.3. The largest absolute Gasteiger partial charge is 0.343 e. The molecule has 0 saturated carbocycles. The summed E-state index contributed by atoms with van der Waals surface area (Å²) in [6.45, 7) is 1.51. The van der Waals surface area contributed by atoms with Crippen LogP contribution in [-0.4, -0.2) is 22.8 Å². The molecule has 2 atom stereocenters. The lowest BCUT2D eigenvalue weighted by Crippen LogP contribution is -2.46. The zero-order valence-corrected chi connectivity index (χ0v) is 16.7. The van der Waals surface area contributed by atoms with Gasteiger partial charge in [0.25, 0.3) is 11.6 Å². The summed E-state index contributed by atoms with van der Waals surface area (Å²) in [5, 5.41) is 18.2. The van der Waals surface area contributed by atoms with Crippen LogP contribution in [0.2, 0.25) is 0 Å². The Bertz CT molecular complexity index is 1050. The summed E-state index contributed by atoms with van der Waals surface area (Å²) in [6, 6.07) is 13.4. The van der Waals surface area contributed by atoms with Gasteiger partial charge in [0.15, 0.2) is 0 Å². The van der Waals surface area contributed by atoms with E-state index in [4.69, 9.17) is 0 Å². The molecule has 0 fully saturated rings. The number of nitro benzene ring substituents is 1. The van der Waals surface area contributed by atoms with E-state index in [-0.39, 0.29) is 17.1 Å². The number of nitro groups is 1. The molecule has 0 aliphatic heterocycles. The van der Waals surface area contributed by atoms with Crippen LogP contribution >= 0.6 is 11.3 Å². The molecule has 1 heterocycles. The third-order valence-corrected chi connectivity index (χ3v) is 5.31. The number of thiophene rings is 1. The molecule has 2 N–H and O–H groups in total. The molecule has 0 spiro atoms. The van der Waals surface area contributed by atoms with Crippen molar-refractivity contribution in [1.82, 2.24) is 10.6 Å². The van der Waals surface area contributed by atoms with Gasteiger partial charge in [-0.25, -0.2) is 4.39 Å². The van der Waals surface area contributed by atoms with Gasteiger partial charge in [-0.1, -0.05) is 24.3 Å². The minimum atomic E-state index is -0.903. The SMILES string of the molecule is CC(NC(=O)c1cccc([N+](=O)[O-])c1)C(=O)NC(c1ccc(F)cc1)c1cccs1. The van der Waals surface area contributed by atoms with Gasteiger partial charge >= 0.3 is 0 Å². The van der Waals surface area contributed by atoms with Gasteiger partial charge in [-0.15, -0.1) is 11.3 Å². The molecule has 0 saturated heterocycles. The minimum absolute atomic E-state index is 0.0807. The van der Waals surface area contributed by atoms with Crippen LogP contribution in [0.3, 0.4) is 0 Å². The highest BCUT2D eigenvalue weighted by Crippen LogP contribution is 2.26. The zero-order chi connectivity index (χ0) is 21.7. The third-order valence-electron chi connectivity index (χ3n) is 4.38.